The van der Waals surface area contributed by atoms with Crippen LogP contribution in [0.1, 0.15) is 5.56 Å². The summed E-state index contributed by atoms with van der Waals surface area (Å²) in [6, 6.07) is 12.8. The van der Waals surface area contributed by atoms with E-state index >= 15 is 0 Å². The van der Waals surface area contributed by atoms with E-state index in [0.717, 1.165) is 16.7 Å². The van der Waals surface area contributed by atoms with Gasteiger partial charge in [0.1, 0.15) is 17.1 Å². The van der Waals surface area contributed by atoms with Crippen molar-refractivity contribution in [3.63, 3.8) is 0 Å². The summed E-state index contributed by atoms with van der Waals surface area (Å²) < 4.78 is 15.8. The standard InChI is InChI=1S/C18H17NO4/c1-21-14-5-3-4-13(9-14)19-18(20)8-12-11-23-17-10-15(22-2)6-7-16(12)17/h3-7,9-11H,8H2,1-2H3,(H,19,20). The van der Waals surface area contributed by atoms with Crippen molar-refractivity contribution in [3.05, 3.63) is 54.3 Å². The van der Waals surface area contributed by atoms with Gasteiger partial charge in [0.25, 0.3) is 0 Å². The van der Waals surface area contributed by atoms with E-state index in [4.69, 9.17) is 13.9 Å². The third-order valence-electron chi connectivity index (χ3n) is 3.57. The van der Waals surface area contributed by atoms with Crippen LogP contribution in [0, 0.1) is 0 Å². The Morgan fingerprint density at radius 2 is 1.87 bits per heavy atom. The second-order valence-corrected chi connectivity index (χ2v) is 5.08. The Morgan fingerprint density at radius 1 is 1.09 bits per heavy atom. The van der Waals surface area contributed by atoms with Gasteiger partial charge in [0.15, 0.2) is 0 Å². The predicted octanol–water partition coefficient (Wildman–Crippen LogP) is 3.63. The summed E-state index contributed by atoms with van der Waals surface area (Å²) in [6.45, 7) is 0. The van der Waals surface area contributed by atoms with Gasteiger partial charge in [-0.05, 0) is 24.3 Å². The van der Waals surface area contributed by atoms with Crippen LogP contribution in [-0.2, 0) is 11.2 Å². The molecule has 0 radical (unpaired) electrons. The zero-order valence-corrected chi connectivity index (χ0v) is 13.0. The van der Waals surface area contributed by atoms with Crippen molar-refractivity contribution in [2.24, 2.45) is 0 Å². The lowest BCUT2D eigenvalue weighted by Gasteiger charge is -2.06. The SMILES string of the molecule is COc1cccc(NC(=O)Cc2coc3cc(OC)ccc23)c1. The number of carbonyl (C=O) groups is 1. The van der Waals surface area contributed by atoms with Crippen LogP contribution in [0.4, 0.5) is 5.69 Å². The number of benzene rings is 2. The molecule has 5 heteroatoms. The summed E-state index contributed by atoms with van der Waals surface area (Å²) in [5, 5.41) is 3.77. The minimum absolute atomic E-state index is 0.114. The third kappa shape index (κ3) is 3.29. The Labute approximate surface area is 133 Å². The van der Waals surface area contributed by atoms with Crippen LogP contribution in [-0.4, -0.2) is 20.1 Å². The number of methoxy groups -OCH3 is 2. The van der Waals surface area contributed by atoms with Crippen LogP contribution in [0.25, 0.3) is 11.0 Å². The van der Waals surface area contributed by atoms with Crippen molar-refractivity contribution in [2.75, 3.05) is 19.5 Å². The molecular weight excluding hydrogens is 294 g/mol. The number of ether oxygens (including phenoxy) is 2. The van der Waals surface area contributed by atoms with Gasteiger partial charge in [-0.3, -0.25) is 4.79 Å². The van der Waals surface area contributed by atoms with E-state index in [-0.39, 0.29) is 12.3 Å². The topological polar surface area (TPSA) is 60.7 Å². The van der Waals surface area contributed by atoms with E-state index < -0.39 is 0 Å². The van der Waals surface area contributed by atoms with E-state index in [1.165, 1.54) is 0 Å². The summed E-state index contributed by atoms with van der Waals surface area (Å²) in [4.78, 5) is 12.2. The molecular formula is C18H17NO4. The maximum atomic E-state index is 12.2. The highest BCUT2D eigenvalue weighted by atomic mass is 16.5. The Morgan fingerprint density at radius 3 is 2.65 bits per heavy atom. The Bertz CT molecular complexity index is 838. The molecule has 23 heavy (non-hydrogen) atoms. The van der Waals surface area contributed by atoms with Gasteiger partial charge in [0.2, 0.25) is 5.91 Å². The van der Waals surface area contributed by atoms with Crippen LogP contribution in [0.2, 0.25) is 0 Å². The van der Waals surface area contributed by atoms with Gasteiger partial charge in [-0.2, -0.15) is 0 Å². The summed E-state index contributed by atoms with van der Waals surface area (Å²) in [5.41, 5.74) is 2.24. The van der Waals surface area contributed by atoms with Crippen molar-refractivity contribution in [1.29, 1.82) is 0 Å². The molecule has 1 heterocycles. The fourth-order valence-corrected chi connectivity index (χ4v) is 2.41. The van der Waals surface area contributed by atoms with E-state index in [1.54, 1.807) is 32.6 Å². The van der Waals surface area contributed by atoms with Crippen LogP contribution >= 0.6 is 0 Å². The molecule has 0 saturated heterocycles. The number of anilines is 1. The average Bonchev–Trinajstić information content (AvgIpc) is 2.97. The molecule has 5 nitrogen and oxygen atoms in total. The van der Waals surface area contributed by atoms with Gasteiger partial charge in [-0.25, -0.2) is 0 Å². The number of amides is 1. The smallest absolute Gasteiger partial charge is 0.228 e. The first-order valence-corrected chi connectivity index (χ1v) is 7.17. The zero-order valence-electron chi connectivity index (χ0n) is 13.0. The molecule has 0 bridgehead atoms. The van der Waals surface area contributed by atoms with E-state index in [1.807, 2.05) is 30.3 Å². The van der Waals surface area contributed by atoms with Gasteiger partial charge < -0.3 is 19.2 Å². The number of rotatable bonds is 5. The maximum absolute atomic E-state index is 12.2. The molecule has 1 N–H and O–H groups in total. The molecule has 0 unspecified atom stereocenters. The fraction of sp³-hybridized carbons (Fsp3) is 0.167. The molecule has 0 aliphatic rings. The van der Waals surface area contributed by atoms with Crippen molar-refractivity contribution in [1.82, 2.24) is 0 Å². The Kier molecular flexibility index (Phi) is 4.19. The van der Waals surface area contributed by atoms with Gasteiger partial charge in [-0.15, -0.1) is 0 Å². The molecule has 1 amide bonds. The monoisotopic (exact) mass is 311 g/mol. The van der Waals surface area contributed by atoms with Crippen molar-refractivity contribution in [3.8, 4) is 11.5 Å². The van der Waals surface area contributed by atoms with E-state index in [2.05, 4.69) is 5.32 Å². The molecule has 1 aromatic heterocycles. The number of nitrogens with one attached hydrogen (secondary N) is 1. The van der Waals surface area contributed by atoms with E-state index in [9.17, 15) is 4.79 Å². The first-order chi connectivity index (χ1) is 11.2. The minimum atomic E-state index is -0.114. The molecule has 0 spiro atoms. The minimum Gasteiger partial charge on any atom is -0.497 e. The lowest BCUT2D eigenvalue weighted by atomic mass is 10.1. The second kappa shape index (κ2) is 6.44. The molecule has 2 aromatic carbocycles. The van der Waals surface area contributed by atoms with Crippen LogP contribution in [0.3, 0.4) is 0 Å². The second-order valence-electron chi connectivity index (χ2n) is 5.08. The maximum Gasteiger partial charge on any atom is 0.228 e. The molecule has 0 atom stereocenters. The molecule has 3 rings (SSSR count). The van der Waals surface area contributed by atoms with E-state index in [0.29, 0.717) is 17.0 Å². The summed E-state index contributed by atoms with van der Waals surface area (Å²) in [5.74, 6) is 1.31. The summed E-state index contributed by atoms with van der Waals surface area (Å²) >= 11 is 0. The first kappa shape index (κ1) is 15.0. The molecule has 3 aromatic rings. The fourth-order valence-electron chi connectivity index (χ4n) is 2.41. The quantitative estimate of drug-likeness (QED) is 0.781. The molecule has 0 aliphatic heterocycles. The number of hydrogen-bond acceptors (Lipinski definition) is 4. The molecule has 0 fully saturated rings. The van der Waals surface area contributed by atoms with Gasteiger partial charge in [0.05, 0.1) is 26.9 Å². The summed E-state index contributed by atoms with van der Waals surface area (Å²) in [7, 11) is 3.19. The molecule has 118 valence electrons. The highest BCUT2D eigenvalue weighted by molar-refractivity contribution is 5.95. The van der Waals surface area contributed by atoms with Crippen molar-refractivity contribution >= 4 is 22.6 Å². The van der Waals surface area contributed by atoms with Crippen LogP contribution < -0.4 is 14.8 Å². The number of furan rings is 1. The van der Waals surface area contributed by atoms with Crippen LogP contribution in [0.15, 0.2) is 53.1 Å². The lowest BCUT2D eigenvalue weighted by Crippen LogP contribution is -2.14. The Balaban J connectivity index is 1.75. The highest BCUT2D eigenvalue weighted by Crippen LogP contribution is 2.26. The number of hydrogen-bond donors (Lipinski definition) is 1. The van der Waals surface area contributed by atoms with Gasteiger partial charge >= 0.3 is 0 Å². The van der Waals surface area contributed by atoms with Crippen LogP contribution in [0.5, 0.6) is 11.5 Å². The molecule has 0 saturated carbocycles. The highest BCUT2D eigenvalue weighted by Gasteiger charge is 2.11. The normalized spacial score (nSPS) is 10.5. The zero-order chi connectivity index (χ0) is 16.2. The number of fused-ring (bicyclic) bond motifs is 1. The largest absolute Gasteiger partial charge is 0.497 e. The number of carbonyl (C=O) groups excluding carboxylic acids is 1. The predicted molar refractivity (Wildman–Crippen MR) is 88.1 cm³/mol. The summed E-state index contributed by atoms with van der Waals surface area (Å²) in [6.07, 6.45) is 1.84. The van der Waals surface area contributed by atoms with Gasteiger partial charge in [0, 0.05) is 28.8 Å². The van der Waals surface area contributed by atoms with Crippen molar-refractivity contribution in [2.45, 2.75) is 6.42 Å². The van der Waals surface area contributed by atoms with Crippen molar-refractivity contribution < 1.29 is 18.7 Å². The molecule has 0 aliphatic carbocycles. The average molecular weight is 311 g/mol. The third-order valence-corrected chi connectivity index (χ3v) is 3.57. The lowest BCUT2D eigenvalue weighted by molar-refractivity contribution is -0.115. The first-order valence-electron chi connectivity index (χ1n) is 7.17. The Hall–Kier alpha value is -2.95. The van der Waals surface area contributed by atoms with Gasteiger partial charge in [-0.1, -0.05) is 6.07 Å².